The van der Waals surface area contributed by atoms with Crippen molar-refractivity contribution >= 4 is 0 Å². The second-order valence-electron chi connectivity index (χ2n) is 4.49. The molecule has 0 amide bonds. The molecule has 1 heterocycles. The largest absolute Gasteiger partial charge is 0.383 e. The average molecular weight is 228 g/mol. The van der Waals surface area contributed by atoms with Crippen LogP contribution in [0.4, 0.5) is 0 Å². The third-order valence-electron chi connectivity index (χ3n) is 3.03. The Kier molecular flexibility index (Phi) is 5.98. The van der Waals surface area contributed by atoms with E-state index in [-0.39, 0.29) is 5.54 Å². The van der Waals surface area contributed by atoms with Gasteiger partial charge in [-0.1, -0.05) is 6.08 Å². The summed E-state index contributed by atoms with van der Waals surface area (Å²) in [4.78, 5) is 2.29. The van der Waals surface area contributed by atoms with Crippen molar-refractivity contribution in [2.24, 2.45) is 5.73 Å². The van der Waals surface area contributed by atoms with Crippen molar-refractivity contribution in [2.75, 3.05) is 46.6 Å². The summed E-state index contributed by atoms with van der Waals surface area (Å²) >= 11 is 0. The Balaban J connectivity index is 2.41. The maximum atomic E-state index is 6.37. The van der Waals surface area contributed by atoms with Crippen molar-refractivity contribution in [1.82, 2.24) is 4.90 Å². The van der Waals surface area contributed by atoms with E-state index >= 15 is 0 Å². The number of nitrogens with two attached hydrogens (primary N) is 1. The molecule has 0 bridgehead atoms. The number of hydrogen-bond acceptors (Lipinski definition) is 4. The molecule has 0 unspecified atom stereocenters. The van der Waals surface area contributed by atoms with E-state index in [2.05, 4.69) is 11.5 Å². The first kappa shape index (κ1) is 13.6. The van der Waals surface area contributed by atoms with Gasteiger partial charge in [-0.15, -0.1) is 6.58 Å². The van der Waals surface area contributed by atoms with Crippen LogP contribution in [0.15, 0.2) is 12.7 Å². The Morgan fingerprint density at radius 2 is 2.19 bits per heavy atom. The Morgan fingerprint density at radius 3 is 2.75 bits per heavy atom. The topological polar surface area (TPSA) is 47.7 Å². The third kappa shape index (κ3) is 4.61. The van der Waals surface area contributed by atoms with Crippen LogP contribution >= 0.6 is 0 Å². The molecule has 4 heteroatoms. The van der Waals surface area contributed by atoms with Crippen LogP contribution in [-0.4, -0.2) is 57.0 Å². The summed E-state index contributed by atoms with van der Waals surface area (Å²) in [6.45, 7) is 8.74. The first-order valence-corrected chi connectivity index (χ1v) is 5.89. The van der Waals surface area contributed by atoms with Crippen LogP contribution < -0.4 is 5.73 Å². The molecular weight excluding hydrogens is 204 g/mol. The Morgan fingerprint density at radius 1 is 1.50 bits per heavy atom. The minimum absolute atomic E-state index is 0.102. The minimum atomic E-state index is -0.102. The number of nitrogens with zero attached hydrogens (tertiary/aromatic N) is 1. The Hall–Kier alpha value is -0.420. The summed E-state index contributed by atoms with van der Waals surface area (Å²) < 4.78 is 10.4. The zero-order valence-corrected chi connectivity index (χ0v) is 10.3. The van der Waals surface area contributed by atoms with E-state index in [1.807, 2.05) is 6.08 Å². The first-order valence-electron chi connectivity index (χ1n) is 5.89. The molecule has 1 aliphatic heterocycles. The van der Waals surface area contributed by atoms with Gasteiger partial charge in [0.2, 0.25) is 0 Å². The molecule has 94 valence electrons. The summed E-state index contributed by atoms with van der Waals surface area (Å²) in [6.07, 6.45) is 3.79. The predicted octanol–water partition coefficient (Wildman–Crippen LogP) is 0.629. The molecule has 4 nitrogen and oxygen atoms in total. The Bertz CT molecular complexity index is 203. The van der Waals surface area contributed by atoms with Crippen molar-refractivity contribution in [3.8, 4) is 0 Å². The van der Waals surface area contributed by atoms with Crippen molar-refractivity contribution in [3.05, 3.63) is 12.7 Å². The lowest BCUT2D eigenvalue weighted by Crippen LogP contribution is -2.54. The fourth-order valence-corrected chi connectivity index (χ4v) is 2.02. The molecule has 0 aliphatic carbocycles. The van der Waals surface area contributed by atoms with E-state index in [4.69, 9.17) is 15.2 Å². The highest BCUT2D eigenvalue weighted by Gasteiger charge is 2.29. The summed E-state index contributed by atoms with van der Waals surface area (Å²) in [5.74, 6) is 0. The van der Waals surface area contributed by atoms with Gasteiger partial charge in [0.15, 0.2) is 0 Å². The van der Waals surface area contributed by atoms with Crippen LogP contribution in [0.25, 0.3) is 0 Å². The molecule has 1 aliphatic rings. The first-order chi connectivity index (χ1) is 7.70. The SMILES string of the molecule is C=CCN(CCOC)CC1(N)CCOCC1. The van der Waals surface area contributed by atoms with E-state index < -0.39 is 0 Å². The fourth-order valence-electron chi connectivity index (χ4n) is 2.02. The second-order valence-corrected chi connectivity index (χ2v) is 4.49. The zero-order valence-electron chi connectivity index (χ0n) is 10.3. The van der Waals surface area contributed by atoms with E-state index in [9.17, 15) is 0 Å². The molecule has 1 rings (SSSR count). The monoisotopic (exact) mass is 228 g/mol. The predicted molar refractivity (Wildman–Crippen MR) is 65.5 cm³/mol. The maximum absolute atomic E-state index is 6.37. The zero-order chi connectivity index (χ0) is 11.9. The lowest BCUT2D eigenvalue weighted by atomic mass is 9.90. The van der Waals surface area contributed by atoms with Gasteiger partial charge in [0.05, 0.1) is 6.61 Å². The summed E-state index contributed by atoms with van der Waals surface area (Å²) in [7, 11) is 1.72. The third-order valence-corrected chi connectivity index (χ3v) is 3.03. The highest BCUT2D eigenvalue weighted by Crippen LogP contribution is 2.18. The number of methoxy groups -OCH3 is 1. The molecule has 0 aromatic heterocycles. The van der Waals surface area contributed by atoms with Gasteiger partial charge in [-0.05, 0) is 12.8 Å². The normalized spacial score (nSPS) is 19.9. The van der Waals surface area contributed by atoms with E-state index in [1.165, 1.54) is 0 Å². The van der Waals surface area contributed by atoms with Crippen LogP contribution in [0.5, 0.6) is 0 Å². The van der Waals surface area contributed by atoms with Crippen molar-refractivity contribution < 1.29 is 9.47 Å². The van der Waals surface area contributed by atoms with Gasteiger partial charge in [-0.3, -0.25) is 4.90 Å². The average Bonchev–Trinajstić information content (AvgIpc) is 2.27. The van der Waals surface area contributed by atoms with Gasteiger partial charge >= 0.3 is 0 Å². The molecule has 0 radical (unpaired) electrons. The van der Waals surface area contributed by atoms with Crippen LogP contribution in [0.2, 0.25) is 0 Å². The van der Waals surface area contributed by atoms with Crippen molar-refractivity contribution in [2.45, 2.75) is 18.4 Å². The highest BCUT2D eigenvalue weighted by molar-refractivity contribution is 4.91. The smallest absolute Gasteiger partial charge is 0.0589 e. The van der Waals surface area contributed by atoms with Crippen LogP contribution in [-0.2, 0) is 9.47 Å². The second kappa shape index (κ2) is 7.01. The van der Waals surface area contributed by atoms with E-state index in [1.54, 1.807) is 7.11 Å². The van der Waals surface area contributed by atoms with Gasteiger partial charge in [0.25, 0.3) is 0 Å². The minimum Gasteiger partial charge on any atom is -0.383 e. The number of rotatable bonds is 7. The van der Waals surface area contributed by atoms with Crippen LogP contribution in [0.3, 0.4) is 0 Å². The van der Waals surface area contributed by atoms with Gasteiger partial charge < -0.3 is 15.2 Å². The van der Waals surface area contributed by atoms with E-state index in [0.717, 1.165) is 52.3 Å². The molecule has 0 atom stereocenters. The molecule has 16 heavy (non-hydrogen) atoms. The lowest BCUT2D eigenvalue weighted by molar-refractivity contribution is 0.0356. The highest BCUT2D eigenvalue weighted by atomic mass is 16.5. The van der Waals surface area contributed by atoms with Crippen molar-refractivity contribution in [1.29, 1.82) is 0 Å². The quantitative estimate of drug-likeness (QED) is 0.649. The van der Waals surface area contributed by atoms with Gasteiger partial charge in [0.1, 0.15) is 0 Å². The molecule has 0 aromatic carbocycles. The summed E-state index contributed by atoms with van der Waals surface area (Å²) in [5, 5.41) is 0. The summed E-state index contributed by atoms with van der Waals surface area (Å²) in [6, 6.07) is 0. The molecule has 1 saturated heterocycles. The standard InChI is InChI=1S/C12H24N2O2/c1-3-6-14(7-10-15-2)11-12(13)4-8-16-9-5-12/h3H,1,4-11,13H2,2H3. The Labute approximate surface area is 98.4 Å². The fraction of sp³-hybridized carbons (Fsp3) is 0.833. The van der Waals surface area contributed by atoms with Crippen molar-refractivity contribution in [3.63, 3.8) is 0 Å². The van der Waals surface area contributed by atoms with Crippen LogP contribution in [0.1, 0.15) is 12.8 Å². The molecule has 2 N–H and O–H groups in total. The molecule has 0 saturated carbocycles. The molecular formula is C12H24N2O2. The number of ether oxygens (including phenoxy) is 2. The van der Waals surface area contributed by atoms with Gasteiger partial charge in [-0.2, -0.15) is 0 Å². The molecule has 0 aromatic rings. The molecule has 1 fully saturated rings. The summed E-state index contributed by atoms with van der Waals surface area (Å²) in [5.41, 5.74) is 6.26. The number of hydrogen-bond donors (Lipinski definition) is 1. The van der Waals surface area contributed by atoms with Gasteiger partial charge in [-0.25, -0.2) is 0 Å². The maximum Gasteiger partial charge on any atom is 0.0589 e. The molecule has 0 spiro atoms. The van der Waals surface area contributed by atoms with Gasteiger partial charge in [0, 0.05) is 45.5 Å². The lowest BCUT2D eigenvalue weighted by Gasteiger charge is -2.37. The van der Waals surface area contributed by atoms with E-state index in [0.29, 0.717) is 0 Å². The van der Waals surface area contributed by atoms with Crippen LogP contribution in [0, 0.1) is 0 Å².